The lowest BCUT2D eigenvalue weighted by atomic mass is 9.97. The Bertz CT molecular complexity index is 581. The van der Waals surface area contributed by atoms with Gasteiger partial charge in [0.1, 0.15) is 0 Å². The summed E-state index contributed by atoms with van der Waals surface area (Å²) >= 11 is 0. The molecular weight excluding hydrogens is 252 g/mol. The fourth-order valence-corrected chi connectivity index (χ4v) is 3.79. The highest BCUT2D eigenvalue weighted by molar-refractivity contribution is 7.91. The molecule has 1 amide bonds. The minimum atomic E-state index is -3.14. The molecule has 5 nitrogen and oxygen atoms in total. The van der Waals surface area contributed by atoms with Crippen LogP contribution in [-0.4, -0.2) is 20.1 Å². The fourth-order valence-electron chi connectivity index (χ4n) is 2.21. The van der Waals surface area contributed by atoms with Crippen molar-refractivity contribution in [1.82, 2.24) is 5.43 Å². The van der Waals surface area contributed by atoms with E-state index in [4.69, 9.17) is 5.84 Å². The average molecular weight is 268 g/mol. The van der Waals surface area contributed by atoms with Crippen LogP contribution in [0.1, 0.15) is 30.4 Å². The summed E-state index contributed by atoms with van der Waals surface area (Å²) in [5.41, 5.74) is 3.69. The molecule has 1 aromatic rings. The van der Waals surface area contributed by atoms with E-state index >= 15 is 0 Å². The molecule has 0 aliphatic carbocycles. The third-order valence-corrected chi connectivity index (χ3v) is 5.21. The number of fused-ring (bicyclic) bond motifs is 1. The normalized spacial score (nSPS) is 18.8. The Labute approximate surface area is 106 Å². The Morgan fingerprint density at radius 3 is 2.83 bits per heavy atom. The largest absolute Gasteiger partial charge is 0.294 e. The van der Waals surface area contributed by atoms with E-state index in [1.54, 1.807) is 25.1 Å². The molecule has 1 unspecified atom stereocenters. The van der Waals surface area contributed by atoms with Gasteiger partial charge in [0.05, 0.1) is 16.6 Å². The maximum absolute atomic E-state index is 11.8. The van der Waals surface area contributed by atoms with E-state index < -0.39 is 9.84 Å². The summed E-state index contributed by atoms with van der Waals surface area (Å²) in [5.74, 6) is 4.63. The number of carbonyl (C=O) groups is 1. The first-order valence-electron chi connectivity index (χ1n) is 5.82. The third kappa shape index (κ3) is 2.26. The maximum atomic E-state index is 11.8. The van der Waals surface area contributed by atoms with Gasteiger partial charge >= 0.3 is 0 Å². The van der Waals surface area contributed by atoms with Crippen LogP contribution in [0.5, 0.6) is 0 Å². The molecule has 1 aliphatic heterocycles. The van der Waals surface area contributed by atoms with Crippen LogP contribution in [0.3, 0.4) is 0 Å². The SMILES string of the molecule is CC(C(=O)NN)c1ccc2c(c1)CCCS2(=O)=O. The van der Waals surface area contributed by atoms with E-state index in [1.165, 1.54) is 0 Å². The van der Waals surface area contributed by atoms with Crippen LogP contribution in [0.2, 0.25) is 0 Å². The van der Waals surface area contributed by atoms with Gasteiger partial charge in [-0.25, -0.2) is 14.3 Å². The summed E-state index contributed by atoms with van der Waals surface area (Å²) in [6.45, 7) is 1.74. The van der Waals surface area contributed by atoms with Gasteiger partial charge in [0, 0.05) is 0 Å². The molecule has 2 rings (SSSR count). The van der Waals surface area contributed by atoms with Crippen molar-refractivity contribution in [3.63, 3.8) is 0 Å². The molecule has 0 aromatic heterocycles. The monoisotopic (exact) mass is 268 g/mol. The van der Waals surface area contributed by atoms with Gasteiger partial charge in [-0.15, -0.1) is 0 Å². The Kier molecular flexibility index (Phi) is 3.41. The number of hydrogen-bond donors (Lipinski definition) is 2. The summed E-state index contributed by atoms with van der Waals surface area (Å²) in [5, 5.41) is 0. The summed E-state index contributed by atoms with van der Waals surface area (Å²) in [6, 6.07) is 5.08. The molecule has 1 atom stereocenters. The van der Waals surface area contributed by atoms with Gasteiger partial charge in [-0.1, -0.05) is 12.1 Å². The van der Waals surface area contributed by atoms with Crippen LogP contribution in [0.4, 0.5) is 0 Å². The van der Waals surface area contributed by atoms with Crippen LogP contribution >= 0.6 is 0 Å². The van der Waals surface area contributed by atoms with Crippen LogP contribution in [0, 0.1) is 0 Å². The number of amides is 1. The van der Waals surface area contributed by atoms with Gasteiger partial charge in [0.2, 0.25) is 5.91 Å². The fraction of sp³-hybridized carbons (Fsp3) is 0.417. The Hall–Kier alpha value is -1.40. The number of benzene rings is 1. The maximum Gasteiger partial charge on any atom is 0.241 e. The van der Waals surface area contributed by atoms with E-state index in [0.29, 0.717) is 11.3 Å². The molecule has 6 heteroatoms. The zero-order valence-corrected chi connectivity index (χ0v) is 11.0. The van der Waals surface area contributed by atoms with Gasteiger partial charge in [-0.05, 0) is 37.0 Å². The smallest absolute Gasteiger partial charge is 0.241 e. The molecule has 0 fully saturated rings. The highest BCUT2D eigenvalue weighted by Gasteiger charge is 2.24. The second kappa shape index (κ2) is 4.70. The van der Waals surface area contributed by atoms with Crippen molar-refractivity contribution in [1.29, 1.82) is 0 Å². The zero-order valence-electron chi connectivity index (χ0n) is 10.1. The van der Waals surface area contributed by atoms with Crippen LogP contribution in [-0.2, 0) is 21.1 Å². The zero-order chi connectivity index (χ0) is 13.3. The van der Waals surface area contributed by atoms with Crippen molar-refractivity contribution in [3.8, 4) is 0 Å². The van der Waals surface area contributed by atoms with Crippen molar-refractivity contribution in [2.45, 2.75) is 30.6 Å². The van der Waals surface area contributed by atoms with Crippen LogP contribution in [0.25, 0.3) is 0 Å². The average Bonchev–Trinajstić information content (AvgIpc) is 2.36. The number of rotatable bonds is 2. The first kappa shape index (κ1) is 13.0. The van der Waals surface area contributed by atoms with E-state index in [-0.39, 0.29) is 17.6 Å². The minimum absolute atomic E-state index is 0.207. The number of nitrogens with two attached hydrogens (primary N) is 1. The van der Waals surface area contributed by atoms with Gasteiger partial charge in [0.15, 0.2) is 9.84 Å². The molecule has 18 heavy (non-hydrogen) atoms. The Morgan fingerprint density at radius 2 is 2.17 bits per heavy atom. The lowest BCUT2D eigenvalue weighted by Crippen LogP contribution is -2.33. The molecule has 0 saturated heterocycles. The molecule has 0 bridgehead atoms. The van der Waals surface area contributed by atoms with Crippen LogP contribution < -0.4 is 11.3 Å². The van der Waals surface area contributed by atoms with Gasteiger partial charge in [0.25, 0.3) is 0 Å². The minimum Gasteiger partial charge on any atom is -0.294 e. The predicted octanol–water partition coefficient (Wildman–Crippen LogP) is 0.500. The summed E-state index contributed by atoms with van der Waals surface area (Å²) in [7, 11) is -3.14. The van der Waals surface area contributed by atoms with E-state index in [1.807, 2.05) is 0 Å². The highest BCUT2D eigenvalue weighted by atomic mass is 32.2. The number of aryl methyl sites for hydroxylation is 1. The van der Waals surface area contributed by atoms with Crippen molar-refractivity contribution in [2.75, 3.05) is 5.75 Å². The standard InChI is InChI=1S/C12H16N2O3S/c1-8(12(15)14-13)9-4-5-11-10(7-9)3-2-6-18(11,16)17/h4-5,7-8H,2-3,6,13H2,1H3,(H,14,15). The second-order valence-corrected chi connectivity index (χ2v) is 6.60. The van der Waals surface area contributed by atoms with Crippen molar-refractivity contribution in [3.05, 3.63) is 29.3 Å². The van der Waals surface area contributed by atoms with Gasteiger partial charge in [-0.2, -0.15) is 0 Å². The van der Waals surface area contributed by atoms with Gasteiger partial charge < -0.3 is 0 Å². The quantitative estimate of drug-likeness (QED) is 0.464. The molecule has 1 heterocycles. The molecule has 98 valence electrons. The molecule has 0 radical (unpaired) electrons. The molecular formula is C12H16N2O3S. The third-order valence-electron chi connectivity index (χ3n) is 3.31. The second-order valence-electron chi connectivity index (χ2n) is 4.52. The Morgan fingerprint density at radius 1 is 1.44 bits per heavy atom. The van der Waals surface area contributed by atoms with E-state index in [0.717, 1.165) is 17.5 Å². The number of nitrogens with one attached hydrogen (secondary N) is 1. The van der Waals surface area contributed by atoms with Crippen LogP contribution in [0.15, 0.2) is 23.1 Å². The first-order valence-corrected chi connectivity index (χ1v) is 7.47. The molecule has 1 aliphatic rings. The van der Waals surface area contributed by atoms with Crippen molar-refractivity contribution < 1.29 is 13.2 Å². The molecule has 3 N–H and O–H groups in total. The topological polar surface area (TPSA) is 89.3 Å². The number of hydrazine groups is 1. The number of hydrogen-bond acceptors (Lipinski definition) is 4. The van der Waals surface area contributed by atoms with E-state index in [9.17, 15) is 13.2 Å². The molecule has 0 spiro atoms. The van der Waals surface area contributed by atoms with Crippen molar-refractivity contribution in [2.24, 2.45) is 5.84 Å². The number of carbonyl (C=O) groups excluding carboxylic acids is 1. The summed E-state index contributed by atoms with van der Waals surface area (Å²) in [4.78, 5) is 11.9. The van der Waals surface area contributed by atoms with E-state index in [2.05, 4.69) is 5.43 Å². The molecule has 1 aromatic carbocycles. The highest BCUT2D eigenvalue weighted by Crippen LogP contribution is 2.28. The van der Waals surface area contributed by atoms with Crippen molar-refractivity contribution >= 4 is 15.7 Å². The first-order chi connectivity index (χ1) is 8.45. The Balaban J connectivity index is 2.42. The summed E-state index contributed by atoms with van der Waals surface area (Å²) in [6.07, 6.45) is 1.37. The molecule has 0 saturated carbocycles. The lowest BCUT2D eigenvalue weighted by Gasteiger charge is -2.18. The number of sulfone groups is 1. The van der Waals surface area contributed by atoms with Gasteiger partial charge in [-0.3, -0.25) is 10.2 Å². The summed E-state index contributed by atoms with van der Waals surface area (Å²) < 4.78 is 23.7. The predicted molar refractivity (Wildman–Crippen MR) is 67.6 cm³/mol. The lowest BCUT2D eigenvalue weighted by molar-refractivity contribution is -0.122.